The molecular formula is C24H24BrNO3. The topological polar surface area (TPSA) is 47.6 Å². The minimum atomic E-state index is -0.145. The van der Waals surface area contributed by atoms with E-state index in [-0.39, 0.29) is 5.91 Å². The van der Waals surface area contributed by atoms with E-state index < -0.39 is 0 Å². The number of benzene rings is 3. The van der Waals surface area contributed by atoms with E-state index in [2.05, 4.69) is 28.2 Å². The molecule has 0 fully saturated rings. The molecule has 3 rings (SSSR count). The molecule has 4 nitrogen and oxygen atoms in total. The monoisotopic (exact) mass is 453 g/mol. The highest BCUT2D eigenvalue weighted by molar-refractivity contribution is 9.10. The minimum absolute atomic E-state index is 0.145. The lowest BCUT2D eigenvalue weighted by Crippen LogP contribution is -2.14. The molecule has 0 saturated carbocycles. The molecule has 0 saturated heterocycles. The smallest absolute Gasteiger partial charge is 0.255 e. The van der Waals surface area contributed by atoms with E-state index in [1.807, 2.05) is 55.5 Å². The van der Waals surface area contributed by atoms with Crippen molar-refractivity contribution in [3.63, 3.8) is 0 Å². The zero-order valence-corrected chi connectivity index (χ0v) is 18.2. The maximum Gasteiger partial charge on any atom is 0.255 e. The molecule has 0 radical (unpaired) electrons. The first kappa shape index (κ1) is 20.9. The Hall–Kier alpha value is -2.79. The molecule has 3 aromatic carbocycles. The molecule has 0 aliphatic carbocycles. The van der Waals surface area contributed by atoms with E-state index in [0.717, 1.165) is 33.5 Å². The van der Waals surface area contributed by atoms with Gasteiger partial charge in [-0.25, -0.2) is 0 Å². The molecule has 0 aliphatic heterocycles. The first-order valence-corrected chi connectivity index (χ1v) is 10.4. The Kier molecular flexibility index (Phi) is 7.30. The number of nitrogens with one attached hydrogen (secondary N) is 1. The van der Waals surface area contributed by atoms with Crippen LogP contribution >= 0.6 is 15.9 Å². The van der Waals surface area contributed by atoms with Gasteiger partial charge in [0.05, 0.1) is 4.47 Å². The molecule has 3 aromatic rings. The lowest BCUT2D eigenvalue weighted by molar-refractivity contribution is 0.102. The highest BCUT2D eigenvalue weighted by atomic mass is 79.9. The van der Waals surface area contributed by atoms with Crippen LogP contribution in [-0.4, -0.2) is 19.1 Å². The third-order valence-electron chi connectivity index (χ3n) is 4.53. The Balaban J connectivity index is 1.59. The predicted octanol–water partition coefficient (Wildman–Crippen LogP) is 6.03. The SMILES string of the molecule is CCc1cccc(C)c1NC(=O)c1ccc(OCCOc2ccccc2)c(Br)c1. The summed E-state index contributed by atoms with van der Waals surface area (Å²) in [6, 6.07) is 21.0. The van der Waals surface area contributed by atoms with Crippen LogP contribution in [-0.2, 0) is 6.42 Å². The van der Waals surface area contributed by atoms with Crippen LogP contribution in [0.2, 0.25) is 0 Å². The Morgan fingerprint density at radius 2 is 1.72 bits per heavy atom. The fourth-order valence-corrected chi connectivity index (χ4v) is 3.47. The van der Waals surface area contributed by atoms with Gasteiger partial charge >= 0.3 is 0 Å². The second-order valence-corrected chi connectivity index (χ2v) is 7.43. The van der Waals surface area contributed by atoms with Crippen LogP contribution in [0.1, 0.15) is 28.4 Å². The van der Waals surface area contributed by atoms with Crippen molar-refractivity contribution in [1.82, 2.24) is 0 Å². The number of anilines is 1. The quantitative estimate of drug-likeness (QED) is 0.423. The third kappa shape index (κ3) is 5.61. The van der Waals surface area contributed by atoms with Crippen LogP contribution in [0.4, 0.5) is 5.69 Å². The fourth-order valence-electron chi connectivity index (χ4n) is 2.97. The predicted molar refractivity (Wildman–Crippen MR) is 120 cm³/mol. The summed E-state index contributed by atoms with van der Waals surface area (Å²) >= 11 is 3.49. The van der Waals surface area contributed by atoms with Crippen molar-refractivity contribution >= 4 is 27.5 Å². The van der Waals surface area contributed by atoms with Gasteiger partial charge in [-0.05, 0) is 70.7 Å². The average Bonchev–Trinajstić information content (AvgIpc) is 2.74. The molecule has 5 heteroatoms. The summed E-state index contributed by atoms with van der Waals surface area (Å²) in [6.07, 6.45) is 0.860. The molecule has 0 bridgehead atoms. The van der Waals surface area contributed by atoms with Gasteiger partial charge in [0, 0.05) is 11.3 Å². The highest BCUT2D eigenvalue weighted by Gasteiger charge is 2.13. The molecular weight excluding hydrogens is 430 g/mol. The first-order chi connectivity index (χ1) is 14.1. The van der Waals surface area contributed by atoms with Crippen LogP contribution in [0.25, 0.3) is 0 Å². The van der Waals surface area contributed by atoms with Crippen molar-refractivity contribution in [2.24, 2.45) is 0 Å². The molecule has 150 valence electrons. The number of ether oxygens (including phenoxy) is 2. The largest absolute Gasteiger partial charge is 0.490 e. The highest BCUT2D eigenvalue weighted by Crippen LogP contribution is 2.27. The lowest BCUT2D eigenvalue weighted by Gasteiger charge is -2.14. The zero-order chi connectivity index (χ0) is 20.6. The van der Waals surface area contributed by atoms with Crippen molar-refractivity contribution in [2.75, 3.05) is 18.5 Å². The van der Waals surface area contributed by atoms with Gasteiger partial charge in [0.15, 0.2) is 0 Å². The van der Waals surface area contributed by atoms with E-state index in [0.29, 0.717) is 24.5 Å². The Morgan fingerprint density at radius 3 is 2.45 bits per heavy atom. The fraction of sp³-hybridized carbons (Fsp3) is 0.208. The second kappa shape index (κ2) is 10.1. The van der Waals surface area contributed by atoms with Crippen molar-refractivity contribution in [3.8, 4) is 11.5 Å². The number of aryl methyl sites for hydroxylation is 2. The van der Waals surface area contributed by atoms with Crippen LogP contribution in [0.5, 0.6) is 11.5 Å². The number of carbonyl (C=O) groups excluding carboxylic acids is 1. The number of halogens is 1. The molecule has 0 spiro atoms. The van der Waals surface area contributed by atoms with Gasteiger partial charge in [0.25, 0.3) is 5.91 Å². The normalized spacial score (nSPS) is 10.4. The number of para-hydroxylation sites is 2. The summed E-state index contributed by atoms with van der Waals surface area (Å²) in [6.45, 7) is 4.92. The summed E-state index contributed by atoms with van der Waals surface area (Å²) in [5.74, 6) is 1.34. The van der Waals surface area contributed by atoms with Crippen LogP contribution in [0.3, 0.4) is 0 Å². The second-order valence-electron chi connectivity index (χ2n) is 6.57. The third-order valence-corrected chi connectivity index (χ3v) is 5.15. The molecule has 0 atom stereocenters. The summed E-state index contributed by atoms with van der Waals surface area (Å²) < 4.78 is 12.1. The summed E-state index contributed by atoms with van der Waals surface area (Å²) in [4.78, 5) is 12.7. The van der Waals surface area contributed by atoms with Crippen molar-refractivity contribution in [1.29, 1.82) is 0 Å². The van der Waals surface area contributed by atoms with Gasteiger partial charge in [-0.15, -0.1) is 0 Å². The maximum absolute atomic E-state index is 12.7. The van der Waals surface area contributed by atoms with Crippen LogP contribution < -0.4 is 14.8 Å². The Labute approximate surface area is 180 Å². The summed E-state index contributed by atoms with van der Waals surface area (Å²) in [5, 5.41) is 3.04. The molecule has 0 unspecified atom stereocenters. The van der Waals surface area contributed by atoms with Crippen molar-refractivity contribution in [2.45, 2.75) is 20.3 Å². The number of rotatable bonds is 8. The van der Waals surface area contributed by atoms with E-state index in [9.17, 15) is 4.79 Å². The number of hydrogen-bond acceptors (Lipinski definition) is 3. The lowest BCUT2D eigenvalue weighted by atomic mass is 10.1. The zero-order valence-electron chi connectivity index (χ0n) is 16.6. The van der Waals surface area contributed by atoms with Crippen LogP contribution in [0, 0.1) is 6.92 Å². The van der Waals surface area contributed by atoms with Gasteiger partial charge in [0.2, 0.25) is 0 Å². The molecule has 0 aromatic heterocycles. The van der Waals surface area contributed by atoms with E-state index >= 15 is 0 Å². The average molecular weight is 454 g/mol. The van der Waals surface area contributed by atoms with Crippen molar-refractivity contribution < 1.29 is 14.3 Å². The molecule has 29 heavy (non-hydrogen) atoms. The van der Waals surface area contributed by atoms with Gasteiger partial charge in [-0.2, -0.15) is 0 Å². The Morgan fingerprint density at radius 1 is 0.966 bits per heavy atom. The van der Waals surface area contributed by atoms with E-state index in [4.69, 9.17) is 9.47 Å². The van der Waals surface area contributed by atoms with Gasteiger partial charge in [0.1, 0.15) is 24.7 Å². The molecule has 0 aliphatic rings. The van der Waals surface area contributed by atoms with Crippen molar-refractivity contribution in [3.05, 3.63) is 87.9 Å². The summed E-state index contributed by atoms with van der Waals surface area (Å²) in [7, 11) is 0. The number of hydrogen-bond donors (Lipinski definition) is 1. The van der Waals surface area contributed by atoms with Gasteiger partial charge < -0.3 is 14.8 Å². The number of amides is 1. The molecule has 1 amide bonds. The first-order valence-electron chi connectivity index (χ1n) is 9.58. The maximum atomic E-state index is 12.7. The Bertz CT molecular complexity index is 973. The van der Waals surface area contributed by atoms with Gasteiger partial charge in [-0.3, -0.25) is 4.79 Å². The standard InChI is InChI=1S/C24H24BrNO3/c1-3-18-9-7-8-17(2)23(18)26-24(27)19-12-13-22(21(25)16-19)29-15-14-28-20-10-5-4-6-11-20/h4-13,16H,3,14-15H2,1-2H3,(H,26,27). The minimum Gasteiger partial charge on any atom is -0.490 e. The molecule has 0 heterocycles. The van der Waals surface area contributed by atoms with E-state index in [1.165, 1.54) is 0 Å². The van der Waals surface area contributed by atoms with E-state index in [1.54, 1.807) is 18.2 Å². The molecule has 1 N–H and O–H groups in total. The summed E-state index contributed by atoms with van der Waals surface area (Å²) in [5.41, 5.74) is 3.62. The van der Waals surface area contributed by atoms with Crippen LogP contribution in [0.15, 0.2) is 71.2 Å². The van der Waals surface area contributed by atoms with Gasteiger partial charge in [-0.1, -0.05) is 43.3 Å². The number of carbonyl (C=O) groups is 1.